The molecule has 5 heteroatoms. The van der Waals surface area contributed by atoms with Gasteiger partial charge in [-0.3, -0.25) is 4.79 Å². The zero-order valence-corrected chi connectivity index (χ0v) is 12.9. The van der Waals surface area contributed by atoms with Crippen LogP contribution in [0.15, 0.2) is 24.3 Å². The lowest BCUT2D eigenvalue weighted by Crippen LogP contribution is -2.37. The molecule has 0 aliphatic heterocycles. The minimum Gasteiger partial charge on any atom is -0.463 e. The third-order valence-electron chi connectivity index (χ3n) is 2.49. The Morgan fingerprint density at radius 3 is 2.42 bits per heavy atom. The number of carbonyl (C=O) groups is 2. The lowest BCUT2D eigenvalue weighted by molar-refractivity contribution is -0.146. The molecule has 0 aromatic rings. The van der Waals surface area contributed by atoms with Crippen molar-refractivity contribution >= 4 is 35.0 Å². The standard InChI is InChI=1S/C14H20Cl2O3/c1-4-6-7-8-11(3)9-10-12(17)14(15,16)13(18)19-5-2/h4,8H,1,5-7,9-10H2,2-3H3/b11-8+. The van der Waals surface area contributed by atoms with Crippen LogP contribution in [-0.4, -0.2) is 22.7 Å². The van der Waals surface area contributed by atoms with E-state index in [-0.39, 0.29) is 13.0 Å². The molecule has 0 rings (SSSR count). The number of carbonyl (C=O) groups excluding carboxylic acids is 2. The van der Waals surface area contributed by atoms with Crippen LogP contribution in [0.25, 0.3) is 0 Å². The number of Topliss-reactive ketones (excluding diaryl/α,β-unsaturated/α-hetero) is 1. The molecule has 0 aromatic heterocycles. The summed E-state index contributed by atoms with van der Waals surface area (Å²) in [5, 5.41) is 0. The van der Waals surface area contributed by atoms with Gasteiger partial charge >= 0.3 is 5.97 Å². The Morgan fingerprint density at radius 2 is 1.89 bits per heavy atom. The number of rotatable bonds is 9. The smallest absolute Gasteiger partial charge is 0.350 e. The van der Waals surface area contributed by atoms with E-state index in [0.29, 0.717) is 6.42 Å². The molecule has 0 unspecified atom stereocenters. The highest BCUT2D eigenvalue weighted by atomic mass is 35.5. The molecular formula is C14H20Cl2O3. The molecule has 0 atom stereocenters. The maximum Gasteiger partial charge on any atom is 0.350 e. The van der Waals surface area contributed by atoms with E-state index >= 15 is 0 Å². The molecule has 0 radical (unpaired) electrons. The number of alkyl halides is 2. The summed E-state index contributed by atoms with van der Waals surface area (Å²) >= 11 is 11.5. The fourth-order valence-electron chi connectivity index (χ4n) is 1.35. The fraction of sp³-hybridized carbons (Fsp3) is 0.571. The molecule has 0 spiro atoms. The Bertz CT molecular complexity index is 360. The molecule has 0 heterocycles. The van der Waals surface area contributed by atoms with E-state index in [2.05, 4.69) is 11.3 Å². The quantitative estimate of drug-likeness (QED) is 0.213. The molecular weight excluding hydrogens is 287 g/mol. The molecule has 0 aromatic carbocycles. The zero-order chi connectivity index (χ0) is 14.9. The predicted molar refractivity (Wildman–Crippen MR) is 78.5 cm³/mol. The first kappa shape index (κ1) is 18.2. The van der Waals surface area contributed by atoms with Crippen LogP contribution in [0.3, 0.4) is 0 Å². The number of ketones is 1. The molecule has 0 amide bonds. The van der Waals surface area contributed by atoms with Crippen LogP contribution < -0.4 is 0 Å². The van der Waals surface area contributed by atoms with Gasteiger partial charge in [0.15, 0.2) is 5.78 Å². The number of hydrogen-bond acceptors (Lipinski definition) is 3. The Morgan fingerprint density at radius 1 is 1.26 bits per heavy atom. The van der Waals surface area contributed by atoms with Crippen LogP contribution in [0.2, 0.25) is 0 Å². The monoisotopic (exact) mass is 306 g/mol. The first-order valence-electron chi connectivity index (χ1n) is 6.21. The Labute approximate surface area is 124 Å². The third kappa shape index (κ3) is 6.79. The topological polar surface area (TPSA) is 43.4 Å². The third-order valence-corrected chi connectivity index (χ3v) is 3.22. The van der Waals surface area contributed by atoms with Gasteiger partial charge in [0.25, 0.3) is 4.33 Å². The highest BCUT2D eigenvalue weighted by Crippen LogP contribution is 2.27. The van der Waals surface area contributed by atoms with Crippen molar-refractivity contribution in [3.63, 3.8) is 0 Å². The van der Waals surface area contributed by atoms with Crippen molar-refractivity contribution < 1.29 is 14.3 Å². The molecule has 108 valence electrons. The van der Waals surface area contributed by atoms with Crippen molar-refractivity contribution in [1.82, 2.24) is 0 Å². The SMILES string of the molecule is C=CCC/C=C(\C)CCC(=O)C(Cl)(Cl)C(=O)OCC. The van der Waals surface area contributed by atoms with E-state index in [0.717, 1.165) is 18.4 Å². The molecule has 0 aliphatic carbocycles. The Kier molecular flexibility index (Phi) is 8.77. The van der Waals surface area contributed by atoms with Crippen molar-refractivity contribution in [2.24, 2.45) is 0 Å². The number of hydrogen-bond donors (Lipinski definition) is 0. The van der Waals surface area contributed by atoms with Crippen LogP contribution in [-0.2, 0) is 14.3 Å². The van der Waals surface area contributed by atoms with Crippen molar-refractivity contribution in [2.75, 3.05) is 6.61 Å². The maximum atomic E-state index is 11.8. The van der Waals surface area contributed by atoms with E-state index in [4.69, 9.17) is 23.2 Å². The normalized spacial score (nSPS) is 12.1. The van der Waals surface area contributed by atoms with Crippen molar-refractivity contribution in [2.45, 2.75) is 43.9 Å². The summed E-state index contributed by atoms with van der Waals surface area (Å²) in [5.74, 6) is -1.44. The van der Waals surface area contributed by atoms with Crippen LogP contribution in [0.1, 0.15) is 39.5 Å². The molecule has 0 N–H and O–H groups in total. The van der Waals surface area contributed by atoms with Crippen LogP contribution in [0, 0.1) is 0 Å². The first-order valence-corrected chi connectivity index (χ1v) is 6.96. The van der Waals surface area contributed by atoms with Gasteiger partial charge in [-0.2, -0.15) is 0 Å². The summed E-state index contributed by atoms with van der Waals surface area (Å²) in [4.78, 5) is 23.2. The molecule has 19 heavy (non-hydrogen) atoms. The minimum absolute atomic E-state index is 0.113. The molecule has 0 fully saturated rings. The second-order valence-electron chi connectivity index (χ2n) is 4.13. The average molecular weight is 307 g/mol. The summed E-state index contributed by atoms with van der Waals surface area (Å²) in [6, 6.07) is 0. The van der Waals surface area contributed by atoms with E-state index in [1.54, 1.807) is 6.92 Å². The number of halogens is 2. The summed E-state index contributed by atoms with van der Waals surface area (Å²) < 4.78 is 2.56. The lowest BCUT2D eigenvalue weighted by atomic mass is 10.1. The second-order valence-corrected chi connectivity index (χ2v) is 5.46. The molecule has 0 bridgehead atoms. The zero-order valence-electron chi connectivity index (χ0n) is 11.4. The Balaban J connectivity index is 4.33. The second kappa shape index (κ2) is 9.16. The van der Waals surface area contributed by atoms with Crippen molar-refractivity contribution in [1.29, 1.82) is 0 Å². The summed E-state index contributed by atoms with van der Waals surface area (Å²) in [6.07, 6.45) is 6.28. The molecule has 3 nitrogen and oxygen atoms in total. The average Bonchev–Trinajstić information content (AvgIpc) is 2.36. The van der Waals surface area contributed by atoms with Gasteiger partial charge in [-0.1, -0.05) is 40.9 Å². The van der Waals surface area contributed by atoms with E-state index in [9.17, 15) is 9.59 Å². The van der Waals surface area contributed by atoms with Gasteiger partial charge < -0.3 is 4.74 Å². The molecule has 0 aliphatic rings. The summed E-state index contributed by atoms with van der Waals surface area (Å²) in [7, 11) is 0. The molecule has 0 saturated heterocycles. The van der Waals surface area contributed by atoms with Crippen LogP contribution >= 0.6 is 23.2 Å². The lowest BCUT2D eigenvalue weighted by Gasteiger charge is -2.16. The van der Waals surface area contributed by atoms with E-state index in [1.165, 1.54) is 0 Å². The first-order chi connectivity index (χ1) is 8.86. The summed E-state index contributed by atoms with van der Waals surface area (Å²) in [5.41, 5.74) is 1.06. The van der Waals surface area contributed by atoms with Gasteiger partial charge in [0.2, 0.25) is 0 Å². The van der Waals surface area contributed by atoms with Gasteiger partial charge in [-0.25, -0.2) is 4.79 Å². The predicted octanol–water partition coefficient (Wildman–Crippen LogP) is 3.99. The van der Waals surface area contributed by atoms with Crippen LogP contribution in [0.4, 0.5) is 0 Å². The Hall–Kier alpha value is -0.800. The van der Waals surface area contributed by atoms with E-state index in [1.807, 2.05) is 19.1 Å². The van der Waals surface area contributed by atoms with E-state index < -0.39 is 16.1 Å². The van der Waals surface area contributed by atoms with Gasteiger partial charge in [0, 0.05) is 6.42 Å². The van der Waals surface area contributed by atoms with Crippen molar-refractivity contribution in [3.8, 4) is 0 Å². The van der Waals surface area contributed by atoms with Crippen molar-refractivity contribution in [3.05, 3.63) is 24.3 Å². The maximum absolute atomic E-state index is 11.8. The number of ether oxygens (including phenoxy) is 1. The molecule has 0 saturated carbocycles. The minimum atomic E-state index is -2.10. The van der Waals surface area contributed by atoms with Gasteiger partial charge in [0.1, 0.15) is 0 Å². The highest BCUT2D eigenvalue weighted by molar-refractivity contribution is 6.67. The largest absolute Gasteiger partial charge is 0.463 e. The highest BCUT2D eigenvalue weighted by Gasteiger charge is 2.42. The van der Waals surface area contributed by atoms with Gasteiger partial charge in [0.05, 0.1) is 6.61 Å². The van der Waals surface area contributed by atoms with Crippen LogP contribution in [0.5, 0.6) is 0 Å². The summed E-state index contributed by atoms with van der Waals surface area (Å²) in [6.45, 7) is 7.31. The number of allylic oxidation sites excluding steroid dienone is 3. The fourth-order valence-corrected chi connectivity index (χ4v) is 1.65. The van der Waals surface area contributed by atoms with Gasteiger partial charge in [-0.05, 0) is 33.1 Å². The van der Waals surface area contributed by atoms with Gasteiger partial charge in [-0.15, -0.1) is 6.58 Å². The number of esters is 1. The number of unbranched alkanes of at least 4 members (excludes halogenated alkanes) is 1.